The third-order valence-corrected chi connectivity index (χ3v) is 4.53. The number of carbonyl (C=O) groups is 2. The second kappa shape index (κ2) is 5.40. The van der Waals surface area contributed by atoms with Crippen molar-refractivity contribution >= 4 is 22.8 Å². The van der Waals surface area contributed by atoms with Gasteiger partial charge in [-0.3, -0.25) is 9.59 Å². The molecule has 0 bridgehead atoms. The van der Waals surface area contributed by atoms with E-state index in [-0.39, 0.29) is 28.4 Å². The second-order valence-corrected chi connectivity index (χ2v) is 6.38. The SMILES string of the molecule is CC(=O)SC1CC(=O)N([C@H]2CCCC[C@@H]2O)C1. The molecule has 1 amide bonds. The second-order valence-electron chi connectivity index (χ2n) is 4.90. The van der Waals surface area contributed by atoms with E-state index in [4.69, 9.17) is 0 Å². The van der Waals surface area contributed by atoms with Crippen molar-refractivity contribution in [1.82, 2.24) is 4.90 Å². The minimum atomic E-state index is -0.381. The van der Waals surface area contributed by atoms with Crippen LogP contribution < -0.4 is 0 Å². The van der Waals surface area contributed by atoms with Crippen LogP contribution in [-0.2, 0) is 9.59 Å². The summed E-state index contributed by atoms with van der Waals surface area (Å²) in [7, 11) is 0. The highest BCUT2D eigenvalue weighted by atomic mass is 32.2. The Hall–Kier alpha value is -0.550. The number of aliphatic hydroxyl groups excluding tert-OH is 1. The van der Waals surface area contributed by atoms with Crippen molar-refractivity contribution < 1.29 is 14.7 Å². The molecule has 17 heavy (non-hydrogen) atoms. The van der Waals surface area contributed by atoms with Crippen molar-refractivity contribution in [1.29, 1.82) is 0 Å². The van der Waals surface area contributed by atoms with Crippen molar-refractivity contribution in [3.05, 3.63) is 0 Å². The lowest BCUT2D eigenvalue weighted by Crippen LogP contribution is -2.46. The van der Waals surface area contributed by atoms with Crippen LogP contribution >= 0.6 is 11.8 Å². The minimum Gasteiger partial charge on any atom is -0.391 e. The van der Waals surface area contributed by atoms with E-state index in [1.54, 1.807) is 4.90 Å². The number of likely N-dealkylation sites (tertiary alicyclic amines) is 1. The Kier molecular flexibility index (Phi) is 4.09. The van der Waals surface area contributed by atoms with Crippen LogP contribution in [0.25, 0.3) is 0 Å². The van der Waals surface area contributed by atoms with Crippen molar-refractivity contribution in [2.45, 2.75) is 56.4 Å². The first-order valence-corrected chi connectivity index (χ1v) is 7.10. The van der Waals surface area contributed by atoms with E-state index in [1.807, 2.05) is 0 Å². The van der Waals surface area contributed by atoms with Crippen molar-refractivity contribution in [2.24, 2.45) is 0 Å². The van der Waals surface area contributed by atoms with Crippen molar-refractivity contribution in [3.63, 3.8) is 0 Å². The zero-order chi connectivity index (χ0) is 12.4. The summed E-state index contributed by atoms with van der Waals surface area (Å²) in [5.74, 6) is 0.0923. The molecule has 0 aromatic rings. The zero-order valence-electron chi connectivity index (χ0n) is 10.1. The lowest BCUT2D eigenvalue weighted by atomic mass is 9.91. The van der Waals surface area contributed by atoms with E-state index >= 15 is 0 Å². The average molecular weight is 257 g/mol. The van der Waals surface area contributed by atoms with Gasteiger partial charge in [-0.2, -0.15) is 0 Å². The molecule has 2 fully saturated rings. The highest BCUT2D eigenvalue weighted by Crippen LogP contribution is 2.31. The maximum atomic E-state index is 11.9. The molecular weight excluding hydrogens is 238 g/mol. The van der Waals surface area contributed by atoms with E-state index in [1.165, 1.54) is 18.7 Å². The van der Waals surface area contributed by atoms with Crippen LogP contribution in [0.4, 0.5) is 0 Å². The molecule has 0 aromatic carbocycles. The van der Waals surface area contributed by atoms with Gasteiger partial charge in [0.15, 0.2) is 5.12 Å². The van der Waals surface area contributed by atoms with Gasteiger partial charge in [0.05, 0.1) is 12.1 Å². The van der Waals surface area contributed by atoms with Crippen LogP contribution in [0.15, 0.2) is 0 Å². The highest BCUT2D eigenvalue weighted by Gasteiger charge is 2.38. The third-order valence-electron chi connectivity index (χ3n) is 3.55. The van der Waals surface area contributed by atoms with Gasteiger partial charge in [-0.15, -0.1) is 0 Å². The third kappa shape index (κ3) is 3.01. The number of aliphatic hydroxyl groups is 1. The van der Waals surface area contributed by atoms with Gasteiger partial charge in [0.25, 0.3) is 0 Å². The predicted molar refractivity (Wildman–Crippen MR) is 66.7 cm³/mol. The molecule has 1 unspecified atom stereocenters. The predicted octanol–water partition coefficient (Wildman–Crippen LogP) is 1.17. The van der Waals surface area contributed by atoms with Gasteiger partial charge in [-0.1, -0.05) is 24.6 Å². The quantitative estimate of drug-likeness (QED) is 0.807. The van der Waals surface area contributed by atoms with E-state index in [9.17, 15) is 14.7 Å². The number of hydrogen-bond donors (Lipinski definition) is 1. The molecule has 1 N–H and O–H groups in total. The number of thioether (sulfide) groups is 1. The molecular formula is C12H19NO3S. The standard InChI is InChI=1S/C12H19NO3S/c1-8(14)17-9-6-12(16)13(7-9)10-4-2-3-5-11(10)15/h9-11,15H,2-7H2,1H3/t9?,10-,11-/m0/s1. The summed E-state index contributed by atoms with van der Waals surface area (Å²) < 4.78 is 0. The smallest absolute Gasteiger partial charge is 0.224 e. The first-order chi connectivity index (χ1) is 8.08. The average Bonchev–Trinajstić information content (AvgIpc) is 2.59. The minimum absolute atomic E-state index is 0.0196. The largest absolute Gasteiger partial charge is 0.391 e. The normalized spacial score (nSPS) is 34.1. The van der Waals surface area contributed by atoms with Crippen LogP contribution in [0.2, 0.25) is 0 Å². The van der Waals surface area contributed by atoms with E-state index in [0.29, 0.717) is 13.0 Å². The van der Waals surface area contributed by atoms with E-state index in [2.05, 4.69) is 0 Å². The summed E-state index contributed by atoms with van der Waals surface area (Å²) in [6.07, 6.45) is 3.87. The van der Waals surface area contributed by atoms with Crippen LogP contribution in [0, 0.1) is 0 Å². The van der Waals surface area contributed by atoms with Gasteiger partial charge >= 0.3 is 0 Å². The number of nitrogens with zero attached hydrogens (tertiary/aromatic N) is 1. The summed E-state index contributed by atoms with van der Waals surface area (Å²) >= 11 is 1.25. The Morgan fingerprint density at radius 2 is 2.12 bits per heavy atom. The summed E-state index contributed by atoms with van der Waals surface area (Å²) in [4.78, 5) is 24.7. The molecule has 1 heterocycles. The molecule has 1 saturated carbocycles. The van der Waals surface area contributed by atoms with Gasteiger partial charge < -0.3 is 10.0 Å². The summed E-state index contributed by atoms with van der Waals surface area (Å²) in [5, 5.41) is 10.1. The summed E-state index contributed by atoms with van der Waals surface area (Å²) in [6, 6.07) is -0.0196. The van der Waals surface area contributed by atoms with Gasteiger partial charge in [-0.25, -0.2) is 0 Å². The molecule has 4 nitrogen and oxygen atoms in total. The fourth-order valence-corrected chi connectivity index (χ4v) is 3.72. The fraction of sp³-hybridized carbons (Fsp3) is 0.833. The van der Waals surface area contributed by atoms with Gasteiger partial charge in [-0.05, 0) is 12.8 Å². The molecule has 96 valence electrons. The molecule has 1 aliphatic carbocycles. The van der Waals surface area contributed by atoms with E-state index in [0.717, 1.165) is 25.7 Å². The lowest BCUT2D eigenvalue weighted by molar-refractivity contribution is -0.133. The maximum Gasteiger partial charge on any atom is 0.224 e. The number of carbonyl (C=O) groups excluding carboxylic acids is 2. The zero-order valence-corrected chi connectivity index (χ0v) is 10.9. The Bertz CT molecular complexity index is 321. The molecule has 1 aliphatic heterocycles. The molecule has 0 radical (unpaired) electrons. The van der Waals surface area contributed by atoms with Crippen LogP contribution in [0.5, 0.6) is 0 Å². The molecule has 2 aliphatic rings. The maximum absolute atomic E-state index is 11.9. The molecule has 0 aromatic heterocycles. The van der Waals surface area contributed by atoms with Gasteiger partial charge in [0.1, 0.15) is 0 Å². The topological polar surface area (TPSA) is 57.6 Å². The lowest BCUT2D eigenvalue weighted by Gasteiger charge is -2.35. The highest BCUT2D eigenvalue weighted by molar-refractivity contribution is 8.14. The Labute approximate surface area is 106 Å². The van der Waals surface area contributed by atoms with E-state index < -0.39 is 0 Å². The van der Waals surface area contributed by atoms with Crippen LogP contribution in [-0.4, -0.2) is 45.0 Å². The fourth-order valence-electron chi connectivity index (χ4n) is 2.79. The summed E-state index contributed by atoms with van der Waals surface area (Å²) in [5.41, 5.74) is 0. The van der Waals surface area contributed by atoms with Crippen molar-refractivity contribution in [2.75, 3.05) is 6.54 Å². The Balaban J connectivity index is 1.97. The van der Waals surface area contributed by atoms with Crippen molar-refractivity contribution in [3.8, 4) is 0 Å². The first kappa shape index (κ1) is 12.9. The van der Waals surface area contributed by atoms with Gasteiger partial charge in [0.2, 0.25) is 5.91 Å². The van der Waals surface area contributed by atoms with Gasteiger partial charge in [0, 0.05) is 25.1 Å². The molecule has 2 rings (SSSR count). The monoisotopic (exact) mass is 257 g/mol. The number of rotatable bonds is 2. The van der Waals surface area contributed by atoms with Crippen LogP contribution in [0.1, 0.15) is 39.0 Å². The number of hydrogen-bond acceptors (Lipinski definition) is 4. The first-order valence-electron chi connectivity index (χ1n) is 6.22. The molecule has 0 spiro atoms. The molecule has 1 saturated heterocycles. The number of amides is 1. The molecule has 5 heteroatoms. The van der Waals surface area contributed by atoms with Crippen LogP contribution in [0.3, 0.4) is 0 Å². The summed E-state index contributed by atoms with van der Waals surface area (Å²) in [6.45, 7) is 2.15. The Morgan fingerprint density at radius 3 is 2.76 bits per heavy atom. The molecule has 3 atom stereocenters. The Morgan fingerprint density at radius 1 is 1.41 bits per heavy atom.